The molecule has 0 radical (unpaired) electrons. The van der Waals surface area contributed by atoms with Crippen LogP contribution in [0.4, 0.5) is 4.39 Å². The molecule has 3 atom stereocenters. The Morgan fingerprint density at radius 2 is 2.14 bits per heavy atom. The third-order valence-corrected chi connectivity index (χ3v) is 5.03. The molecule has 3 unspecified atom stereocenters. The first-order valence-electron chi connectivity index (χ1n) is 9.25. The second-order valence-electron chi connectivity index (χ2n) is 6.97. The van der Waals surface area contributed by atoms with Gasteiger partial charge in [0.2, 0.25) is 5.60 Å². The molecule has 154 valence electrons. The van der Waals surface area contributed by atoms with Gasteiger partial charge in [0.15, 0.2) is 0 Å². The molecular formula is C20H22FN3O5. The lowest BCUT2D eigenvalue weighted by atomic mass is 9.90. The molecule has 0 saturated carbocycles. The number of hydrogen-bond donors (Lipinski definition) is 3. The van der Waals surface area contributed by atoms with Crippen molar-refractivity contribution >= 4 is 28.5 Å². The summed E-state index contributed by atoms with van der Waals surface area (Å²) in [5.41, 5.74) is 0.694. The Bertz CT molecular complexity index is 951. The van der Waals surface area contributed by atoms with E-state index in [1.165, 1.54) is 0 Å². The highest BCUT2D eigenvalue weighted by Crippen LogP contribution is 2.31. The lowest BCUT2D eigenvalue weighted by molar-refractivity contribution is -0.147. The summed E-state index contributed by atoms with van der Waals surface area (Å²) >= 11 is 0. The van der Waals surface area contributed by atoms with Crippen molar-refractivity contribution in [1.82, 2.24) is 10.3 Å². The summed E-state index contributed by atoms with van der Waals surface area (Å²) < 4.78 is 12.8. The monoisotopic (exact) mass is 403 g/mol. The zero-order valence-electron chi connectivity index (χ0n) is 15.8. The number of alkyl halides is 1. The van der Waals surface area contributed by atoms with Crippen LogP contribution in [0, 0.1) is 0 Å². The van der Waals surface area contributed by atoms with Gasteiger partial charge in [0.25, 0.3) is 5.91 Å². The van der Waals surface area contributed by atoms with Gasteiger partial charge in [-0.05, 0) is 18.6 Å². The highest BCUT2D eigenvalue weighted by atomic mass is 19.1. The van der Waals surface area contributed by atoms with Gasteiger partial charge in [0.05, 0.1) is 23.7 Å². The zero-order valence-corrected chi connectivity index (χ0v) is 15.8. The first-order chi connectivity index (χ1) is 13.9. The number of benzene rings is 1. The van der Waals surface area contributed by atoms with E-state index in [1.807, 2.05) is 30.3 Å². The van der Waals surface area contributed by atoms with Crippen LogP contribution in [0.15, 0.2) is 41.7 Å². The van der Waals surface area contributed by atoms with Crippen molar-refractivity contribution in [2.45, 2.75) is 43.9 Å². The third kappa shape index (κ3) is 4.34. The molecule has 1 aromatic heterocycles. The van der Waals surface area contributed by atoms with E-state index < -0.39 is 42.7 Å². The van der Waals surface area contributed by atoms with Crippen LogP contribution in [0.3, 0.4) is 0 Å². The maximum atomic E-state index is 12.8. The molecule has 1 aliphatic heterocycles. The molecule has 3 N–H and O–H groups in total. The summed E-state index contributed by atoms with van der Waals surface area (Å²) in [6, 6.07) is 8.20. The fraction of sp³-hybridized carbons (Fsp3) is 0.400. The number of pyridine rings is 1. The lowest BCUT2D eigenvalue weighted by Crippen LogP contribution is -2.54. The van der Waals surface area contributed by atoms with E-state index in [0.29, 0.717) is 11.3 Å². The molecule has 1 amide bonds. The van der Waals surface area contributed by atoms with E-state index in [9.17, 15) is 19.1 Å². The summed E-state index contributed by atoms with van der Waals surface area (Å²) in [6.45, 7) is 0.553. The number of aliphatic hydroxyl groups is 1. The minimum Gasteiger partial charge on any atom is -0.481 e. The average Bonchev–Trinajstić information content (AvgIpc) is 3.18. The minimum atomic E-state index is -1.63. The number of carbonyl (C=O) groups is 2. The number of aliphatic hydroxyl groups excluding tert-OH is 1. The van der Waals surface area contributed by atoms with Gasteiger partial charge in [-0.1, -0.05) is 30.3 Å². The molecule has 3 rings (SSSR count). The second-order valence-corrected chi connectivity index (χ2v) is 6.97. The fourth-order valence-electron chi connectivity index (χ4n) is 3.21. The molecule has 0 saturated heterocycles. The Morgan fingerprint density at radius 3 is 2.83 bits per heavy atom. The Hall–Kier alpha value is -3.07. The number of hydrogen-bond acceptors (Lipinski definition) is 6. The third-order valence-electron chi connectivity index (χ3n) is 5.03. The number of oxime groups is 1. The topological polar surface area (TPSA) is 121 Å². The molecule has 8 nitrogen and oxygen atoms in total. The zero-order chi connectivity index (χ0) is 21.0. The summed E-state index contributed by atoms with van der Waals surface area (Å²) in [4.78, 5) is 33.7. The number of aromatic nitrogens is 1. The summed E-state index contributed by atoms with van der Waals surface area (Å²) in [7, 11) is 0. The van der Waals surface area contributed by atoms with Crippen LogP contribution in [0.5, 0.6) is 0 Å². The van der Waals surface area contributed by atoms with Crippen LogP contribution in [-0.4, -0.2) is 57.2 Å². The van der Waals surface area contributed by atoms with Gasteiger partial charge in [-0.15, -0.1) is 0 Å². The number of aliphatic carboxylic acids is 1. The number of halogens is 1. The van der Waals surface area contributed by atoms with Gasteiger partial charge in [0.1, 0.15) is 12.8 Å². The molecule has 9 heteroatoms. The normalized spacial score (nSPS) is 20.6. The van der Waals surface area contributed by atoms with Crippen molar-refractivity contribution < 1.29 is 29.0 Å². The van der Waals surface area contributed by atoms with Crippen molar-refractivity contribution in [2.75, 3.05) is 6.67 Å². The number of nitrogens with one attached hydrogen (secondary N) is 1. The van der Waals surface area contributed by atoms with Gasteiger partial charge < -0.3 is 20.4 Å². The van der Waals surface area contributed by atoms with E-state index in [0.717, 1.165) is 10.9 Å². The van der Waals surface area contributed by atoms with Crippen LogP contribution < -0.4 is 5.32 Å². The number of amides is 1. The Morgan fingerprint density at radius 1 is 1.38 bits per heavy atom. The number of carboxylic acid groups (broad SMARTS) is 1. The molecule has 0 fully saturated rings. The summed E-state index contributed by atoms with van der Waals surface area (Å²) in [5.74, 6) is -1.91. The lowest BCUT2D eigenvalue weighted by Gasteiger charge is -2.28. The van der Waals surface area contributed by atoms with E-state index in [4.69, 9.17) is 9.94 Å². The standard InChI is InChI=1S/C20H22FN3O5/c1-2-20(19(28)23-15(8-18(26)27)17(25)10-21)9-16(24-29-20)13-7-12-5-3-4-6-14(12)22-11-13/h3-7,11,15,17,25H,2,8-10H2,1H3,(H,23,28)(H,26,27). The van der Waals surface area contributed by atoms with E-state index in [1.54, 1.807) is 13.1 Å². The number of nitrogens with zero attached hydrogens (tertiary/aromatic N) is 2. The number of carboxylic acids is 1. The Balaban J connectivity index is 1.78. The van der Waals surface area contributed by atoms with Gasteiger partial charge in [-0.25, -0.2) is 4.39 Å². The molecule has 2 heterocycles. The maximum Gasteiger partial charge on any atom is 0.305 e. The first kappa shape index (κ1) is 20.7. The maximum absolute atomic E-state index is 12.8. The number of para-hydroxylation sites is 1. The van der Waals surface area contributed by atoms with Crippen molar-refractivity contribution in [3.63, 3.8) is 0 Å². The van der Waals surface area contributed by atoms with Crippen molar-refractivity contribution in [1.29, 1.82) is 0 Å². The Kier molecular flexibility index (Phi) is 6.07. The minimum absolute atomic E-state index is 0.140. The Labute approximate surface area is 166 Å². The molecule has 0 bridgehead atoms. The average molecular weight is 403 g/mol. The highest BCUT2D eigenvalue weighted by molar-refractivity contribution is 6.06. The van der Waals surface area contributed by atoms with Crippen molar-refractivity contribution in [3.05, 3.63) is 42.1 Å². The molecule has 1 aliphatic rings. The van der Waals surface area contributed by atoms with Crippen molar-refractivity contribution in [3.8, 4) is 0 Å². The molecule has 0 aliphatic carbocycles. The highest BCUT2D eigenvalue weighted by Gasteiger charge is 2.46. The predicted octanol–water partition coefficient (Wildman–Crippen LogP) is 1.80. The van der Waals surface area contributed by atoms with Gasteiger partial charge in [-0.2, -0.15) is 0 Å². The van der Waals surface area contributed by atoms with Crippen molar-refractivity contribution in [2.24, 2.45) is 5.16 Å². The number of fused-ring (bicyclic) bond motifs is 1. The van der Waals surface area contributed by atoms with Crippen LogP contribution in [-0.2, 0) is 14.4 Å². The molecule has 1 aromatic carbocycles. The van der Waals surface area contributed by atoms with E-state index >= 15 is 0 Å². The fourth-order valence-corrected chi connectivity index (χ4v) is 3.21. The molecule has 29 heavy (non-hydrogen) atoms. The molecule has 2 aromatic rings. The second kappa shape index (κ2) is 8.52. The first-order valence-corrected chi connectivity index (χ1v) is 9.25. The predicted molar refractivity (Wildman–Crippen MR) is 103 cm³/mol. The number of rotatable bonds is 8. The van der Waals surface area contributed by atoms with E-state index in [-0.39, 0.29) is 12.8 Å². The van der Waals surface area contributed by atoms with Crippen LogP contribution in [0.2, 0.25) is 0 Å². The quantitative estimate of drug-likeness (QED) is 0.618. The van der Waals surface area contributed by atoms with Gasteiger partial charge in [0, 0.05) is 23.6 Å². The van der Waals surface area contributed by atoms with Crippen LogP contribution >= 0.6 is 0 Å². The molecule has 0 spiro atoms. The van der Waals surface area contributed by atoms with E-state index in [2.05, 4.69) is 15.5 Å². The van der Waals surface area contributed by atoms with Gasteiger partial charge >= 0.3 is 5.97 Å². The largest absolute Gasteiger partial charge is 0.481 e. The van der Waals surface area contributed by atoms with Crippen LogP contribution in [0.1, 0.15) is 31.7 Å². The molecular weight excluding hydrogens is 381 g/mol. The van der Waals surface area contributed by atoms with Gasteiger partial charge in [-0.3, -0.25) is 14.6 Å². The summed E-state index contributed by atoms with van der Waals surface area (Å²) in [5, 5.41) is 26.1. The summed E-state index contributed by atoms with van der Waals surface area (Å²) in [6.07, 6.45) is -0.206. The number of carbonyl (C=O) groups excluding carboxylic acids is 1. The van der Waals surface area contributed by atoms with Crippen LogP contribution in [0.25, 0.3) is 10.9 Å². The smallest absolute Gasteiger partial charge is 0.305 e. The SMILES string of the molecule is CCC1(C(=O)NC(CC(=O)O)C(O)CF)CC(c2cnc3ccccc3c2)=NO1.